The summed E-state index contributed by atoms with van der Waals surface area (Å²) in [7, 11) is -3.74. The summed E-state index contributed by atoms with van der Waals surface area (Å²) in [5, 5.41) is 10.7. The number of hydrogen-bond acceptors (Lipinski definition) is 5. The summed E-state index contributed by atoms with van der Waals surface area (Å²) < 4.78 is 31.8. The third kappa shape index (κ3) is 2.97. The molecule has 1 aliphatic heterocycles. The van der Waals surface area contributed by atoms with Gasteiger partial charge in [-0.05, 0) is 19.9 Å². The number of hydrogen-bond donors (Lipinski definition) is 0. The highest BCUT2D eigenvalue weighted by Crippen LogP contribution is 2.23. The summed E-state index contributed by atoms with van der Waals surface area (Å²) >= 11 is 0. The number of benzene rings is 1. The van der Waals surface area contributed by atoms with E-state index < -0.39 is 14.9 Å². The first-order valence-corrected chi connectivity index (χ1v) is 7.65. The molecule has 0 bridgehead atoms. The normalized spacial score (nSPS) is 24.5. The van der Waals surface area contributed by atoms with Gasteiger partial charge in [0.25, 0.3) is 5.69 Å². The average molecular weight is 300 g/mol. The fourth-order valence-corrected chi connectivity index (χ4v) is 3.86. The van der Waals surface area contributed by atoms with E-state index in [0.29, 0.717) is 0 Å². The molecule has 1 aliphatic rings. The number of non-ortho nitro benzene ring substituents is 1. The summed E-state index contributed by atoms with van der Waals surface area (Å²) in [5.41, 5.74) is -0.236. The van der Waals surface area contributed by atoms with Crippen molar-refractivity contribution in [2.75, 3.05) is 13.1 Å². The maximum atomic E-state index is 12.5. The Balaban J connectivity index is 2.34. The van der Waals surface area contributed by atoms with Crippen LogP contribution in [0.5, 0.6) is 0 Å². The second kappa shape index (κ2) is 5.47. The molecule has 2 atom stereocenters. The van der Waals surface area contributed by atoms with Gasteiger partial charge in [-0.3, -0.25) is 10.1 Å². The fraction of sp³-hybridized carbons (Fsp3) is 0.500. The first-order valence-electron chi connectivity index (χ1n) is 6.21. The summed E-state index contributed by atoms with van der Waals surface area (Å²) in [6.45, 7) is 4.09. The molecule has 110 valence electrons. The molecule has 0 aromatic heterocycles. The van der Waals surface area contributed by atoms with Gasteiger partial charge in [0.05, 0.1) is 22.0 Å². The van der Waals surface area contributed by atoms with Crippen LogP contribution in [-0.4, -0.2) is 42.9 Å². The summed E-state index contributed by atoms with van der Waals surface area (Å²) in [6.07, 6.45) is -0.403. The molecule has 1 aromatic carbocycles. The van der Waals surface area contributed by atoms with Crippen molar-refractivity contribution in [2.45, 2.75) is 31.0 Å². The van der Waals surface area contributed by atoms with E-state index >= 15 is 0 Å². The van der Waals surface area contributed by atoms with Crippen LogP contribution < -0.4 is 0 Å². The van der Waals surface area contributed by atoms with Crippen molar-refractivity contribution in [3.63, 3.8) is 0 Å². The van der Waals surface area contributed by atoms with Gasteiger partial charge in [0.2, 0.25) is 10.0 Å². The third-order valence-electron chi connectivity index (χ3n) is 3.05. The van der Waals surface area contributed by atoms with E-state index in [4.69, 9.17) is 4.74 Å². The number of nitro groups is 1. The Kier molecular flexibility index (Phi) is 4.07. The molecule has 0 aliphatic carbocycles. The molecular formula is C12H16N2O5S. The second-order valence-corrected chi connectivity index (χ2v) is 6.77. The minimum Gasteiger partial charge on any atom is -0.373 e. The number of sulfonamides is 1. The monoisotopic (exact) mass is 300 g/mol. The van der Waals surface area contributed by atoms with Gasteiger partial charge >= 0.3 is 0 Å². The van der Waals surface area contributed by atoms with Crippen LogP contribution in [0.25, 0.3) is 0 Å². The standard InChI is InChI=1S/C12H16N2O5S/c1-9-7-13(8-10(2)19-9)20(17,18)12-5-3-4-11(6-12)14(15)16/h3-6,9-10H,7-8H2,1-2H3. The predicted molar refractivity (Wildman–Crippen MR) is 71.9 cm³/mol. The van der Waals surface area contributed by atoms with Crippen molar-refractivity contribution in [2.24, 2.45) is 0 Å². The van der Waals surface area contributed by atoms with Crippen LogP contribution in [0.4, 0.5) is 5.69 Å². The Morgan fingerprint density at radius 3 is 2.45 bits per heavy atom. The lowest BCUT2D eigenvalue weighted by Crippen LogP contribution is -2.48. The Morgan fingerprint density at radius 1 is 1.30 bits per heavy atom. The van der Waals surface area contributed by atoms with E-state index in [2.05, 4.69) is 0 Å². The van der Waals surface area contributed by atoms with Gasteiger partial charge < -0.3 is 4.74 Å². The van der Waals surface area contributed by atoms with Crippen LogP contribution in [0.2, 0.25) is 0 Å². The molecule has 1 saturated heterocycles. The molecule has 0 radical (unpaired) electrons. The zero-order chi connectivity index (χ0) is 14.9. The number of ether oxygens (including phenoxy) is 1. The van der Waals surface area contributed by atoms with Crippen molar-refractivity contribution in [3.05, 3.63) is 34.4 Å². The summed E-state index contributed by atoms with van der Waals surface area (Å²) in [4.78, 5) is 10.1. The molecular weight excluding hydrogens is 284 g/mol. The molecule has 2 rings (SSSR count). The zero-order valence-electron chi connectivity index (χ0n) is 11.2. The van der Waals surface area contributed by atoms with Crippen LogP contribution >= 0.6 is 0 Å². The largest absolute Gasteiger partial charge is 0.373 e. The lowest BCUT2D eigenvalue weighted by Gasteiger charge is -2.34. The lowest BCUT2D eigenvalue weighted by molar-refractivity contribution is -0.385. The Hall–Kier alpha value is -1.51. The number of rotatable bonds is 3. The molecule has 8 heteroatoms. The van der Waals surface area contributed by atoms with E-state index in [9.17, 15) is 18.5 Å². The molecule has 0 amide bonds. The Morgan fingerprint density at radius 2 is 1.90 bits per heavy atom. The number of nitrogens with zero attached hydrogens (tertiary/aromatic N) is 2. The van der Waals surface area contributed by atoms with Crippen LogP contribution in [0.3, 0.4) is 0 Å². The highest BCUT2D eigenvalue weighted by atomic mass is 32.2. The van der Waals surface area contributed by atoms with Crippen molar-refractivity contribution in [3.8, 4) is 0 Å². The van der Waals surface area contributed by atoms with Gasteiger partial charge in [0, 0.05) is 25.2 Å². The maximum absolute atomic E-state index is 12.5. The van der Waals surface area contributed by atoms with Gasteiger partial charge in [0.1, 0.15) is 0 Å². The molecule has 1 heterocycles. The molecule has 20 heavy (non-hydrogen) atoms. The minimum atomic E-state index is -3.74. The van der Waals surface area contributed by atoms with Gasteiger partial charge in [-0.2, -0.15) is 4.31 Å². The molecule has 0 saturated carbocycles. The lowest BCUT2D eigenvalue weighted by atomic mass is 10.3. The first kappa shape index (κ1) is 14.9. The van der Waals surface area contributed by atoms with Gasteiger partial charge in [-0.15, -0.1) is 0 Å². The summed E-state index contributed by atoms with van der Waals surface area (Å²) in [6, 6.07) is 5.09. The van der Waals surface area contributed by atoms with E-state index in [-0.39, 0.29) is 35.9 Å². The quantitative estimate of drug-likeness (QED) is 0.621. The summed E-state index contributed by atoms with van der Waals surface area (Å²) in [5.74, 6) is 0. The molecule has 0 spiro atoms. The molecule has 2 unspecified atom stereocenters. The van der Waals surface area contributed by atoms with E-state index in [1.54, 1.807) is 13.8 Å². The number of nitro benzene ring substituents is 1. The van der Waals surface area contributed by atoms with Crippen LogP contribution in [0.15, 0.2) is 29.2 Å². The smallest absolute Gasteiger partial charge is 0.270 e. The minimum absolute atomic E-state index is 0.0620. The van der Waals surface area contributed by atoms with Crippen molar-refractivity contribution < 1.29 is 18.1 Å². The van der Waals surface area contributed by atoms with Crippen LogP contribution in [0.1, 0.15) is 13.8 Å². The van der Waals surface area contributed by atoms with E-state index in [0.717, 1.165) is 6.07 Å². The molecule has 1 aromatic rings. The highest BCUT2D eigenvalue weighted by Gasteiger charge is 2.32. The van der Waals surface area contributed by atoms with Gasteiger partial charge in [0.15, 0.2) is 0 Å². The third-order valence-corrected chi connectivity index (χ3v) is 4.88. The van der Waals surface area contributed by atoms with E-state index in [1.807, 2.05) is 0 Å². The van der Waals surface area contributed by atoms with Crippen molar-refractivity contribution in [1.29, 1.82) is 0 Å². The fourth-order valence-electron chi connectivity index (χ4n) is 2.23. The SMILES string of the molecule is CC1CN(S(=O)(=O)c2cccc([N+](=O)[O-])c2)CC(C)O1. The number of morpholine rings is 1. The maximum Gasteiger partial charge on any atom is 0.270 e. The Bertz CT molecular complexity index is 606. The van der Waals surface area contributed by atoms with Crippen LogP contribution in [0, 0.1) is 10.1 Å². The van der Waals surface area contributed by atoms with Crippen LogP contribution in [-0.2, 0) is 14.8 Å². The van der Waals surface area contributed by atoms with E-state index in [1.165, 1.54) is 22.5 Å². The zero-order valence-corrected chi connectivity index (χ0v) is 12.0. The topological polar surface area (TPSA) is 89.8 Å². The molecule has 0 N–H and O–H groups in total. The van der Waals surface area contributed by atoms with Gasteiger partial charge in [-0.1, -0.05) is 6.07 Å². The van der Waals surface area contributed by atoms with Crippen molar-refractivity contribution >= 4 is 15.7 Å². The first-order chi connectivity index (χ1) is 9.30. The highest BCUT2D eigenvalue weighted by molar-refractivity contribution is 7.89. The second-order valence-electron chi connectivity index (χ2n) is 4.83. The average Bonchev–Trinajstić information content (AvgIpc) is 2.37. The molecule has 7 nitrogen and oxygen atoms in total. The molecule has 1 fully saturated rings. The van der Waals surface area contributed by atoms with Gasteiger partial charge in [-0.25, -0.2) is 8.42 Å². The Labute approximate surface area is 117 Å². The predicted octanol–water partition coefficient (Wildman–Crippen LogP) is 1.39. The van der Waals surface area contributed by atoms with Crippen molar-refractivity contribution in [1.82, 2.24) is 4.31 Å².